The van der Waals surface area contributed by atoms with E-state index in [9.17, 15) is 18.0 Å². The highest BCUT2D eigenvalue weighted by atomic mass is 19.4. The second-order valence-corrected chi connectivity index (χ2v) is 8.03. The minimum Gasteiger partial charge on any atom is -0.406 e. The van der Waals surface area contributed by atoms with E-state index in [1.807, 2.05) is 24.3 Å². The maximum Gasteiger partial charge on any atom is 0.573 e. The fourth-order valence-electron chi connectivity index (χ4n) is 3.81. The van der Waals surface area contributed by atoms with Gasteiger partial charge in [0.1, 0.15) is 5.75 Å². The Bertz CT molecular complexity index is 1130. The molecule has 32 heavy (non-hydrogen) atoms. The summed E-state index contributed by atoms with van der Waals surface area (Å²) in [5, 5.41) is 5.38. The Hall–Kier alpha value is -3.75. The molecule has 0 saturated heterocycles. The van der Waals surface area contributed by atoms with Gasteiger partial charge in [0.2, 0.25) is 0 Å². The van der Waals surface area contributed by atoms with Crippen molar-refractivity contribution in [3.05, 3.63) is 72.6 Å². The summed E-state index contributed by atoms with van der Waals surface area (Å²) in [4.78, 5) is 18.8. The van der Waals surface area contributed by atoms with Crippen molar-refractivity contribution in [3.63, 3.8) is 0 Å². The number of hydrogen-bond donors (Lipinski definition) is 2. The van der Waals surface area contributed by atoms with E-state index < -0.39 is 12.4 Å². The van der Waals surface area contributed by atoms with Crippen molar-refractivity contribution in [2.45, 2.75) is 25.6 Å². The maximum absolute atomic E-state index is 12.6. The minimum absolute atomic E-state index is 0.0698. The summed E-state index contributed by atoms with van der Waals surface area (Å²) in [6.07, 6.45) is -1.55. The van der Waals surface area contributed by atoms with Crippen molar-refractivity contribution < 1.29 is 22.7 Å². The number of anilines is 4. The number of carbonyl (C=O) groups excluding carboxylic acids is 1. The van der Waals surface area contributed by atoms with Crippen LogP contribution in [0.1, 0.15) is 19.4 Å². The highest BCUT2D eigenvalue weighted by Crippen LogP contribution is 2.45. The number of nitrogens with zero attached hydrogens (tertiary/aromatic N) is 2. The zero-order valence-electron chi connectivity index (χ0n) is 17.4. The molecule has 0 radical (unpaired) electrons. The number of hydrogen-bond acceptors (Lipinski definition) is 4. The van der Waals surface area contributed by atoms with Crippen molar-refractivity contribution in [3.8, 4) is 5.75 Å². The van der Waals surface area contributed by atoms with Crippen LogP contribution in [-0.2, 0) is 5.41 Å². The summed E-state index contributed by atoms with van der Waals surface area (Å²) in [7, 11) is 0. The third-order valence-electron chi connectivity index (χ3n) is 5.16. The van der Waals surface area contributed by atoms with Gasteiger partial charge in [0.15, 0.2) is 0 Å². The number of aromatic nitrogens is 1. The molecule has 0 atom stereocenters. The van der Waals surface area contributed by atoms with E-state index in [1.54, 1.807) is 12.4 Å². The topological polar surface area (TPSA) is 66.5 Å². The molecular formula is C23H21F3N4O2. The first-order chi connectivity index (χ1) is 15.1. The van der Waals surface area contributed by atoms with Gasteiger partial charge in [-0.25, -0.2) is 4.79 Å². The number of fused-ring (bicyclic) bond motifs is 1. The predicted octanol–water partition coefficient (Wildman–Crippen LogP) is 6.05. The van der Waals surface area contributed by atoms with Gasteiger partial charge >= 0.3 is 12.4 Å². The molecular weight excluding hydrogens is 421 g/mol. The van der Waals surface area contributed by atoms with Crippen LogP contribution < -0.4 is 20.3 Å². The standard InChI is InChI=1S/C23H21F3N4O2/c1-22(2)14-30(19-6-4-3-5-17(19)22)20-11-12-27-13-18(20)29-21(31)28-15-7-9-16(10-8-15)32-23(24,25)26/h3-13H,14H2,1-2H3,(H2,28,29,31). The number of halogens is 3. The molecule has 6 nitrogen and oxygen atoms in total. The predicted molar refractivity (Wildman–Crippen MR) is 116 cm³/mol. The van der Waals surface area contributed by atoms with Crippen molar-refractivity contribution in [1.82, 2.24) is 4.98 Å². The van der Waals surface area contributed by atoms with Gasteiger partial charge in [0.05, 0.1) is 17.6 Å². The minimum atomic E-state index is -4.77. The zero-order chi connectivity index (χ0) is 22.9. The lowest BCUT2D eigenvalue weighted by Gasteiger charge is -2.24. The number of urea groups is 1. The van der Waals surface area contributed by atoms with Gasteiger partial charge in [-0.2, -0.15) is 0 Å². The molecule has 2 N–H and O–H groups in total. The van der Waals surface area contributed by atoms with Crippen LogP contribution in [0.5, 0.6) is 5.75 Å². The summed E-state index contributed by atoms with van der Waals surface area (Å²) in [6.45, 7) is 5.06. The molecule has 2 amide bonds. The smallest absolute Gasteiger partial charge is 0.406 e. The lowest BCUT2D eigenvalue weighted by Crippen LogP contribution is -2.26. The van der Waals surface area contributed by atoms with Crippen LogP contribution in [0.2, 0.25) is 0 Å². The van der Waals surface area contributed by atoms with Crippen molar-refractivity contribution in [2.75, 3.05) is 22.1 Å². The van der Waals surface area contributed by atoms with Gasteiger partial charge in [-0.1, -0.05) is 32.0 Å². The lowest BCUT2D eigenvalue weighted by atomic mass is 9.87. The van der Waals surface area contributed by atoms with Crippen LogP contribution in [0.3, 0.4) is 0 Å². The molecule has 0 fully saturated rings. The second-order valence-electron chi connectivity index (χ2n) is 8.03. The van der Waals surface area contributed by atoms with Crippen molar-refractivity contribution in [2.24, 2.45) is 0 Å². The van der Waals surface area contributed by atoms with E-state index >= 15 is 0 Å². The normalized spacial score (nSPS) is 14.6. The first-order valence-electron chi connectivity index (χ1n) is 9.87. The van der Waals surface area contributed by atoms with E-state index in [-0.39, 0.29) is 11.2 Å². The zero-order valence-corrected chi connectivity index (χ0v) is 17.4. The number of benzene rings is 2. The number of ether oxygens (including phenoxy) is 1. The number of carbonyl (C=O) groups is 1. The Morgan fingerprint density at radius 3 is 2.47 bits per heavy atom. The van der Waals surface area contributed by atoms with Crippen LogP contribution in [0.15, 0.2) is 67.0 Å². The Morgan fingerprint density at radius 1 is 1.03 bits per heavy atom. The van der Waals surface area contributed by atoms with E-state index in [2.05, 4.69) is 45.2 Å². The second kappa shape index (κ2) is 8.07. The molecule has 1 aliphatic heterocycles. The molecule has 1 aliphatic rings. The summed E-state index contributed by atoms with van der Waals surface area (Å²) in [5.74, 6) is -0.367. The fraction of sp³-hybridized carbons (Fsp3) is 0.217. The molecule has 0 aliphatic carbocycles. The number of amides is 2. The summed E-state index contributed by atoms with van der Waals surface area (Å²) in [6, 6.07) is 14.3. The molecule has 0 spiro atoms. The van der Waals surface area contributed by atoms with Crippen LogP contribution >= 0.6 is 0 Å². The largest absolute Gasteiger partial charge is 0.573 e. The van der Waals surface area contributed by atoms with Gasteiger partial charge in [0.25, 0.3) is 0 Å². The van der Waals surface area contributed by atoms with Gasteiger partial charge in [-0.05, 0) is 42.0 Å². The molecule has 0 unspecified atom stereocenters. The molecule has 0 bridgehead atoms. The average Bonchev–Trinajstić information content (AvgIpc) is 3.00. The number of pyridine rings is 1. The monoisotopic (exact) mass is 442 g/mol. The quantitative estimate of drug-likeness (QED) is 0.516. The first kappa shape index (κ1) is 21.5. The lowest BCUT2D eigenvalue weighted by molar-refractivity contribution is -0.274. The molecule has 4 rings (SSSR count). The van der Waals surface area contributed by atoms with E-state index in [0.29, 0.717) is 11.4 Å². The average molecular weight is 442 g/mol. The van der Waals surface area contributed by atoms with Crippen molar-refractivity contribution >= 4 is 28.8 Å². The molecule has 2 aromatic carbocycles. The Balaban J connectivity index is 1.50. The SMILES string of the molecule is CC1(C)CN(c2ccncc2NC(=O)Nc2ccc(OC(F)(F)F)cc2)c2ccccc21. The van der Waals surface area contributed by atoms with E-state index in [4.69, 9.17) is 0 Å². The molecule has 3 aromatic rings. The number of rotatable bonds is 4. The molecule has 2 heterocycles. The third kappa shape index (κ3) is 4.61. The Labute approximate surface area is 183 Å². The molecule has 0 saturated carbocycles. The maximum atomic E-state index is 12.6. The van der Waals surface area contributed by atoms with Crippen molar-refractivity contribution in [1.29, 1.82) is 0 Å². The van der Waals surface area contributed by atoms with Gasteiger partial charge in [-0.3, -0.25) is 4.98 Å². The summed E-state index contributed by atoms with van der Waals surface area (Å²) >= 11 is 0. The highest BCUT2D eigenvalue weighted by Gasteiger charge is 2.36. The van der Waals surface area contributed by atoms with Gasteiger partial charge < -0.3 is 20.3 Å². The van der Waals surface area contributed by atoms with Crippen LogP contribution in [-0.4, -0.2) is 23.9 Å². The van der Waals surface area contributed by atoms with Gasteiger partial charge in [-0.15, -0.1) is 13.2 Å². The first-order valence-corrected chi connectivity index (χ1v) is 9.87. The number of para-hydroxylation sites is 1. The third-order valence-corrected chi connectivity index (χ3v) is 5.16. The van der Waals surface area contributed by atoms with E-state index in [0.717, 1.165) is 30.1 Å². The van der Waals surface area contributed by atoms with Crippen LogP contribution in [0.4, 0.5) is 40.7 Å². The Morgan fingerprint density at radius 2 is 1.75 bits per heavy atom. The van der Waals surface area contributed by atoms with E-state index in [1.165, 1.54) is 17.7 Å². The number of alkyl halides is 3. The summed E-state index contributed by atoms with van der Waals surface area (Å²) < 4.78 is 40.7. The fourth-order valence-corrected chi connectivity index (χ4v) is 3.81. The van der Waals surface area contributed by atoms with Gasteiger partial charge in [0, 0.05) is 29.5 Å². The molecule has 9 heteroatoms. The highest BCUT2D eigenvalue weighted by molar-refractivity contribution is 6.02. The summed E-state index contributed by atoms with van der Waals surface area (Å²) in [5.41, 5.74) is 3.83. The molecule has 1 aromatic heterocycles. The van der Waals surface area contributed by atoms with Crippen LogP contribution in [0.25, 0.3) is 0 Å². The Kier molecular flexibility index (Phi) is 5.41. The molecule has 166 valence electrons. The van der Waals surface area contributed by atoms with Crippen LogP contribution in [0, 0.1) is 0 Å². The number of nitrogens with one attached hydrogen (secondary N) is 2.